The average Bonchev–Trinajstić information content (AvgIpc) is 2.68. The zero-order valence-corrected chi connectivity index (χ0v) is 9.87. The first kappa shape index (κ1) is 11.2. The number of esters is 1. The van der Waals surface area contributed by atoms with E-state index >= 15 is 0 Å². The van der Waals surface area contributed by atoms with E-state index < -0.39 is 0 Å². The maximum Gasteiger partial charge on any atom is 0.341 e. The molecule has 1 saturated carbocycles. The van der Waals surface area contributed by atoms with E-state index in [0.717, 1.165) is 5.76 Å². The molecule has 0 radical (unpaired) electrons. The van der Waals surface area contributed by atoms with Crippen LogP contribution in [0.4, 0.5) is 0 Å². The molecule has 4 nitrogen and oxygen atoms in total. The Morgan fingerprint density at radius 3 is 2.94 bits per heavy atom. The van der Waals surface area contributed by atoms with Gasteiger partial charge in [-0.3, -0.25) is 0 Å². The zero-order chi connectivity index (χ0) is 11.8. The van der Waals surface area contributed by atoms with E-state index in [4.69, 9.17) is 4.42 Å². The normalized spacial score (nSPS) is 21.8. The van der Waals surface area contributed by atoms with Gasteiger partial charge in [0.1, 0.15) is 12.0 Å². The lowest BCUT2D eigenvalue weighted by Crippen LogP contribution is -2.19. The van der Waals surface area contributed by atoms with Crippen LogP contribution in [0.5, 0.6) is 0 Å². The molecule has 0 aromatic carbocycles. The molecule has 1 heterocycles. The minimum atomic E-state index is -0.359. The monoisotopic (exact) mass is 223 g/mol. The van der Waals surface area contributed by atoms with E-state index in [-0.39, 0.29) is 5.97 Å². The number of hydrogen-bond donors (Lipinski definition) is 1. The molecular weight excluding hydrogens is 206 g/mol. The van der Waals surface area contributed by atoms with Gasteiger partial charge in [-0.15, -0.1) is 0 Å². The molecule has 0 aliphatic heterocycles. The fourth-order valence-electron chi connectivity index (χ4n) is 1.74. The number of hydrogen-bond acceptors (Lipinski definition) is 4. The Labute approximate surface area is 95.0 Å². The van der Waals surface area contributed by atoms with E-state index in [9.17, 15) is 4.79 Å². The lowest BCUT2D eigenvalue weighted by Gasteiger charge is -2.03. The summed E-state index contributed by atoms with van der Waals surface area (Å²) in [6, 6.07) is 2.27. The summed E-state index contributed by atoms with van der Waals surface area (Å²) in [6.07, 6.45) is 2.62. The van der Waals surface area contributed by atoms with Crippen molar-refractivity contribution in [3.8, 4) is 0 Å². The Balaban J connectivity index is 1.86. The Kier molecular flexibility index (Phi) is 2.76. The predicted octanol–water partition coefficient (Wildman–Crippen LogP) is 1.95. The van der Waals surface area contributed by atoms with Crippen LogP contribution in [0.15, 0.2) is 16.7 Å². The van der Waals surface area contributed by atoms with Gasteiger partial charge < -0.3 is 14.5 Å². The lowest BCUT2D eigenvalue weighted by atomic mass is 10.2. The summed E-state index contributed by atoms with van der Waals surface area (Å²) in [4.78, 5) is 11.2. The lowest BCUT2D eigenvalue weighted by molar-refractivity contribution is 0.0600. The van der Waals surface area contributed by atoms with E-state index in [1.165, 1.54) is 19.8 Å². The molecule has 88 valence electrons. The molecule has 1 atom stereocenters. The molecule has 1 aromatic heterocycles. The van der Waals surface area contributed by atoms with Crippen molar-refractivity contribution in [1.29, 1.82) is 0 Å². The van der Waals surface area contributed by atoms with E-state index in [1.807, 2.05) is 0 Å². The van der Waals surface area contributed by atoms with Crippen molar-refractivity contribution in [3.05, 3.63) is 23.7 Å². The molecule has 0 amide bonds. The molecular formula is C12H17NO3. The smallest absolute Gasteiger partial charge is 0.341 e. The third-order valence-corrected chi connectivity index (χ3v) is 3.11. The largest absolute Gasteiger partial charge is 0.467 e. The van der Waals surface area contributed by atoms with Crippen LogP contribution in [0.2, 0.25) is 0 Å². The van der Waals surface area contributed by atoms with Gasteiger partial charge in [0.2, 0.25) is 0 Å². The summed E-state index contributed by atoms with van der Waals surface area (Å²) in [7, 11) is 1.36. The van der Waals surface area contributed by atoms with Crippen LogP contribution in [0, 0.1) is 5.41 Å². The fourth-order valence-corrected chi connectivity index (χ4v) is 1.74. The zero-order valence-electron chi connectivity index (χ0n) is 9.87. The molecule has 0 spiro atoms. The molecule has 4 heteroatoms. The topological polar surface area (TPSA) is 51.5 Å². The standard InChI is InChI=1S/C12H17NO3/c1-12(2)5-10(12)13-6-9-4-8(7-16-9)11(14)15-3/h4,7,10,13H,5-6H2,1-3H3. The first-order valence-corrected chi connectivity index (χ1v) is 5.42. The number of nitrogens with one attached hydrogen (secondary N) is 1. The van der Waals surface area contributed by atoms with Crippen molar-refractivity contribution in [2.45, 2.75) is 32.9 Å². The van der Waals surface area contributed by atoms with Crippen molar-refractivity contribution >= 4 is 5.97 Å². The Morgan fingerprint density at radius 2 is 2.38 bits per heavy atom. The van der Waals surface area contributed by atoms with Crippen molar-refractivity contribution < 1.29 is 13.9 Å². The van der Waals surface area contributed by atoms with Crippen LogP contribution in [0.1, 0.15) is 36.4 Å². The number of furan rings is 1. The maximum atomic E-state index is 11.2. The van der Waals surface area contributed by atoms with Crippen molar-refractivity contribution in [1.82, 2.24) is 5.32 Å². The van der Waals surface area contributed by atoms with Gasteiger partial charge in [0.25, 0.3) is 0 Å². The summed E-state index contributed by atoms with van der Waals surface area (Å²) in [5.41, 5.74) is 0.868. The van der Waals surface area contributed by atoms with Gasteiger partial charge in [0.15, 0.2) is 0 Å². The Bertz CT molecular complexity index is 395. The van der Waals surface area contributed by atoms with Crippen LogP contribution >= 0.6 is 0 Å². The second kappa shape index (κ2) is 3.94. The Hall–Kier alpha value is -1.29. The third kappa shape index (κ3) is 2.27. The van der Waals surface area contributed by atoms with Crippen molar-refractivity contribution in [3.63, 3.8) is 0 Å². The van der Waals surface area contributed by atoms with E-state index in [1.54, 1.807) is 6.07 Å². The quantitative estimate of drug-likeness (QED) is 0.793. The summed E-state index contributed by atoms with van der Waals surface area (Å²) in [5.74, 6) is 0.407. The summed E-state index contributed by atoms with van der Waals surface area (Å²) in [6.45, 7) is 5.12. The molecule has 1 unspecified atom stereocenters. The molecule has 0 bridgehead atoms. The van der Waals surface area contributed by atoms with Gasteiger partial charge in [-0.05, 0) is 17.9 Å². The Morgan fingerprint density at radius 1 is 1.69 bits per heavy atom. The molecule has 1 aliphatic rings. The van der Waals surface area contributed by atoms with Crippen LogP contribution in [-0.2, 0) is 11.3 Å². The molecule has 1 N–H and O–H groups in total. The number of carbonyl (C=O) groups excluding carboxylic acids is 1. The molecule has 16 heavy (non-hydrogen) atoms. The molecule has 1 fully saturated rings. The van der Waals surface area contributed by atoms with Crippen LogP contribution in [0.25, 0.3) is 0 Å². The summed E-state index contributed by atoms with van der Waals surface area (Å²) >= 11 is 0. The number of carbonyl (C=O) groups is 1. The highest BCUT2D eigenvalue weighted by molar-refractivity contribution is 5.88. The van der Waals surface area contributed by atoms with Gasteiger partial charge in [0.05, 0.1) is 19.2 Å². The maximum absolute atomic E-state index is 11.2. The average molecular weight is 223 g/mol. The van der Waals surface area contributed by atoms with Crippen LogP contribution in [-0.4, -0.2) is 19.1 Å². The third-order valence-electron chi connectivity index (χ3n) is 3.11. The van der Waals surface area contributed by atoms with Gasteiger partial charge in [0, 0.05) is 6.04 Å². The number of rotatable bonds is 4. The highest BCUT2D eigenvalue weighted by Crippen LogP contribution is 2.44. The molecule has 0 saturated heterocycles. The van der Waals surface area contributed by atoms with Gasteiger partial charge in [-0.2, -0.15) is 0 Å². The highest BCUT2D eigenvalue weighted by Gasteiger charge is 2.45. The number of methoxy groups -OCH3 is 1. The second-order valence-electron chi connectivity index (χ2n) is 4.92. The van der Waals surface area contributed by atoms with Gasteiger partial charge in [-0.25, -0.2) is 4.79 Å². The minimum Gasteiger partial charge on any atom is -0.467 e. The fraction of sp³-hybridized carbons (Fsp3) is 0.583. The van der Waals surface area contributed by atoms with Crippen LogP contribution < -0.4 is 5.32 Å². The number of ether oxygens (including phenoxy) is 1. The van der Waals surface area contributed by atoms with E-state index in [0.29, 0.717) is 23.6 Å². The van der Waals surface area contributed by atoms with Crippen LogP contribution in [0.3, 0.4) is 0 Å². The first-order chi connectivity index (χ1) is 7.53. The van der Waals surface area contributed by atoms with Crippen molar-refractivity contribution in [2.75, 3.05) is 7.11 Å². The van der Waals surface area contributed by atoms with Gasteiger partial charge in [-0.1, -0.05) is 13.8 Å². The van der Waals surface area contributed by atoms with Gasteiger partial charge >= 0.3 is 5.97 Å². The predicted molar refractivity (Wildman–Crippen MR) is 59.1 cm³/mol. The summed E-state index contributed by atoms with van der Waals surface area (Å²) < 4.78 is 9.87. The molecule has 1 aliphatic carbocycles. The van der Waals surface area contributed by atoms with E-state index in [2.05, 4.69) is 23.9 Å². The molecule has 2 rings (SSSR count). The van der Waals surface area contributed by atoms with Crippen molar-refractivity contribution in [2.24, 2.45) is 5.41 Å². The second-order valence-corrected chi connectivity index (χ2v) is 4.92. The minimum absolute atomic E-state index is 0.359. The SMILES string of the molecule is COC(=O)c1coc(CNC2CC2(C)C)c1. The molecule has 1 aromatic rings. The highest BCUT2D eigenvalue weighted by atomic mass is 16.5. The summed E-state index contributed by atoms with van der Waals surface area (Å²) in [5, 5.41) is 3.39. The first-order valence-electron chi connectivity index (χ1n) is 5.42.